The van der Waals surface area contributed by atoms with Crippen molar-refractivity contribution >= 4 is 0 Å². The number of rotatable bonds is 10. The fourth-order valence-corrected chi connectivity index (χ4v) is 1.69. The van der Waals surface area contributed by atoms with Crippen LogP contribution < -0.4 is 5.32 Å². The maximum absolute atomic E-state index is 5.51. The van der Waals surface area contributed by atoms with Crippen LogP contribution in [-0.4, -0.2) is 47.7 Å². The lowest BCUT2D eigenvalue weighted by Crippen LogP contribution is -2.20. The largest absolute Gasteiger partial charge is 0.385 e. The predicted octanol–water partition coefficient (Wildman–Crippen LogP) is 0.583. The Labute approximate surface area is 108 Å². The molecule has 1 N–H and O–H groups in total. The topological polar surface area (TPSA) is 61.2 Å². The van der Waals surface area contributed by atoms with Crippen molar-refractivity contribution in [1.29, 1.82) is 0 Å². The van der Waals surface area contributed by atoms with E-state index >= 15 is 0 Å². The molecule has 1 heterocycles. The highest BCUT2D eigenvalue weighted by Gasteiger charge is 2.20. The average Bonchev–Trinajstić information content (AvgIpc) is 3.11. The molecule has 1 aromatic heterocycles. The van der Waals surface area contributed by atoms with Crippen LogP contribution in [0.4, 0.5) is 0 Å². The molecule has 1 aliphatic carbocycles. The van der Waals surface area contributed by atoms with Gasteiger partial charge in [0, 0.05) is 26.4 Å². The molecule has 1 fully saturated rings. The van der Waals surface area contributed by atoms with Gasteiger partial charge in [0.15, 0.2) is 0 Å². The van der Waals surface area contributed by atoms with Crippen molar-refractivity contribution in [2.75, 3.05) is 26.9 Å². The third-order valence-electron chi connectivity index (χ3n) is 2.91. The summed E-state index contributed by atoms with van der Waals surface area (Å²) >= 11 is 0. The number of hydrogen-bond donors (Lipinski definition) is 1. The summed E-state index contributed by atoms with van der Waals surface area (Å²) in [6.07, 6.45) is 5.12. The lowest BCUT2D eigenvalue weighted by atomic mass is 10.5. The molecule has 18 heavy (non-hydrogen) atoms. The Balaban J connectivity index is 1.60. The standard InChI is InChI=1S/C12H22N4O2/c1-17-6-2-7-18-8-5-16-12(14-10-15-16)9-13-11-3-4-11/h10-11,13H,2-9H2,1H3. The van der Waals surface area contributed by atoms with Gasteiger partial charge in [-0.3, -0.25) is 0 Å². The van der Waals surface area contributed by atoms with E-state index < -0.39 is 0 Å². The Morgan fingerprint density at radius 3 is 3.06 bits per heavy atom. The zero-order chi connectivity index (χ0) is 12.6. The first-order valence-corrected chi connectivity index (χ1v) is 6.57. The van der Waals surface area contributed by atoms with Crippen LogP contribution in [0.5, 0.6) is 0 Å². The van der Waals surface area contributed by atoms with Gasteiger partial charge in [-0.2, -0.15) is 5.10 Å². The highest BCUT2D eigenvalue weighted by molar-refractivity contribution is 4.88. The van der Waals surface area contributed by atoms with Crippen molar-refractivity contribution in [1.82, 2.24) is 20.1 Å². The van der Waals surface area contributed by atoms with Gasteiger partial charge in [0.2, 0.25) is 0 Å². The van der Waals surface area contributed by atoms with E-state index in [1.54, 1.807) is 13.4 Å². The van der Waals surface area contributed by atoms with Gasteiger partial charge in [0.05, 0.1) is 19.7 Å². The summed E-state index contributed by atoms with van der Waals surface area (Å²) in [6, 6.07) is 0.695. The van der Waals surface area contributed by atoms with Gasteiger partial charge in [-0.25, -0.2) is 9.67 Å². The van der Waals surface area contributed by atoms with Gasteiger partial charge in [-0.15, -0.1) is 0 Å². The summed E-state index contributed by atoms with van der Waals surface area (Å²) in [5.41, 5.74) is 0. The van der Waals surface area contributed by atoms with Gasteiger partial charge < -0.3 is 14.8 Å². The van der Waals surface area contributed by atoms with E-state index in [0.717, 1.165) is 38.5 Å². The van der Waals surface area contributed by atoms with E-state index in [-0.39, 0.29) is 0 Å². The zero-order valence-corrected chi connectivity index (χ0v) is 11.0. The average molecular weight is 254 g/mol. The van der Waals surface area contributed by atoms with E-state index in [1.807, 2.05) is 4.68 Å². The first-order chi connectivity index (χ1) is 8.90. The lowest BCUT2D eigenvalue weighted by Gasteiger charge is -2.07. The fourth-order valence-electron chi connectivity index (χ4n) is 1.69. The van der Waals surface area contributed by atoms with Crippen molar-refractivity contribution in [3.05, 3.63) is 12.2 Å². The van der Waals surface area contributed by atoms with Crippen LogP contribution in [0.3, 0.4) is 0 Å². The van der Waals surface area contributed by atoms with Crippen LogP contribution in [-0.2, 0) is 22.6 Å². The zero-order valence-electron chi connectivity index (χ0n) is 11.0. The molecule has 0 amide bonds. The maximum Gasteiger partial charge on any atom is 0.140 e. The van der Waals surface area contributed by atoms with E-state index in [9.17, 15) is 0 Å². The Bertz CT molecular complexity index is 339. The quantitative estimate of drug-likeness (QED) is 0.619. The predicted molar refractivity (Wildman–Crippen MR) is 67.2 cm³/mol. The van der Waals surface area contributed by atoms with E-state index in [1.165, 1.54) is 12.8 Å². The molecule has 1 aliphatic rings. The van der Waals surface area contributed by atoms with Crippen LogP contribution >= 0.6 is 0 Å². The molecule has 0 saturated heterocycles. The molecular weight excluding hydrogens is 232 g/mol. The molecule has 0 aromatic carbocycles. The second-order valence-electron chi connectivity index (χ2n) is 4.51. The SMILES string of the molecule is COCCCOCCn1ncnc1CNC1CC1. The Morgan fingerprint density at radius 1 is 1.39 bits per heavy atom. The van der Waals surface area contributed by atoms with Crippen molar-refractivity contribution < 1.29 is 9.47 Å². The molecule has 1 aromatic rings. The highest BCUT2D eigenvalue weighted by atomic mass is 16.5. The Morgan fingerprint density at radius 2 is 2.28 bits per heavy atom. The number of hydrogen-bond acceptors (Lipinski definition) is 5. The van der Waals surface area contributed by atoms with E-state index in [2.05, 4.69) is 15.4 Å². The smallest absolute Gasteiger partial charge is 0.140 e. The van der Waals surface area contributed by atoms with Gasteiger partial charge >= 0.3 is 0 Å². The molecule has 6 heteroatoms. The van der Waals surface area contributed by atoms with Crippen molar-refractivity contribution in [2.45, 2.75) is 38.4 Å². The van der Waals surface area contributed by atoms with Crippen molar-refractivity contribution in [3.8, 4) is 0 Å². The van der Waals surface area contributed by atoms with Crippen LogP contribution in [0.25, 0.3) is 0 Å². The number of aromatic nitrogens is 3. The lowest BCUT2D eigenvalue weighted by molar-refractivity contribution is 0.0955. The van der Waals surface area contributed by atoms with Crippen LogP contribution in [0, 0.1) is 0 Å². The highest BCUT2D eigenvalue weighted by Crippen LogP contribution is 2.18. The van der Waals surface area contributed by atoms with E-state index in [0.29, 0.717) is 12.6 Å². The summed E-state index contributed by atoms with van der Waals surface area (Å²) in [5, 5.41) is 7.65. The molecule has 0 unspecified atom stereocenters. The molecule has 0 bridgehead atoms. The van der Waals surface area contributed by atoms with Gasteiger partial charge in [-0.05, 0) is 19.3 Å². The summed E-state index contributed by atoms with van der Waals surface area (Å²) in [5.74, 6) is 0.988. The number of ether oxygens (including phenoxy) is 2. The molecule has 2 rings (SSSR count). The Hall–Kier alpha value is -0.980. The number of nitrogens with one attached hydrogen (secondary N) is 1. The molecule has 0 radical (unpaired) electrons. The first kappa shape index (κ1) is 13.5. The molecule has 0 aliphatic heterocycles. The monoisotopic (exact) mass is 254 g/mol. The summed E-state index contributed by atoms with van der Waals surface area (Å²) in [7, 11) is 1.70. The fraction of sp³-hybridized carbons (Fsp3) is 0.833. The Kier molecular flexibility index (Phi) is 5.57. The van der Waals surface area contributed by atoms with Crippen LogP contribution in [0.15, 0.2) is 6.33 Å². The van der Waals surface area contributed by atoms with Crippen LogP contribution in [0.1, 0.15) is 25.1 Å². The summed E-state index contributed by atoms with van der Waals surface area (Å²) in [6.45, 7) is 3.71. The third-order valence-corrected chi connectivity index (χ3v) is 2.91. The van der Waals surface area contributed by atoms with Gasteiger partial charge in [0.1, 0.15) is 12.2 Å². The van der Waals surface area contributed by atoms with Gasteiger partial charge in [0.25, 0.3) is 0 Å². The third kappa shape index (κ3) is 4.72. The van der Waals surface area contributed by atoms with E-state index in [4.69, 9.17) is 9.47 Å². The summed E-state index contributed by atoms with van der Waals surface area (Å²) < 4.78 is 12.4. The normalized spacial score (nSPS) is 15.2. The minimum atomic E-state index is 0.670. The maximum atomic E-state index is 5.51. The molecular formula is C12H22N4O2. The second kappa shape index (κ2) is 7.45. The van der Waals surface area contributed by atoms with Gasteiger partial charge in [-0.1, -0.05) is 0 Å². The van der Waals surface area contributed by atoms with Crippen molar-refractivity contribution in [3.63, 3.8) is 0 Å². The van der Waals surface area contributed by atoms with Crippen molar-refractivity contribution in [2.24, 2.45) is 0 Å². The molecule has 0 atom stereocenters. The molecule has 0 spiro atoms. The van der Waals surface area contributed by atoms with Crippen LogP contribution in [0.2, 0.25) is 0 Å². The number of methoxy groups -OCH3 is 1. The number of nitrogens with zero attached hydrogens (tertiary/aromatic N) is 3. The molecule has 1 saturated carbocycles. The second-order valence-corrected chi connectivity index (χ2v) is 4.51. The first-order valence-electron chi connectivity index (χ1n) is 6.57. The molecule has 6 nitrogen and oxygen atoms in total. The molecule has 102 valence electrons. The summed E-state index contributed by atoms with van der Waals surface area (Å²) in [4.78, 5) is 4.26. The minimum absolute atomic E-state index is 0.670. The minimum Gasteiger partial charge on any atom is -0.385 e.